The molecule has 4 aromatic rings. The van der Waals surface area contributed by atoms with Crippen LogP contribution in [0.2, 0.25) is 0 Å². The summed E-state index contributed by atoms with van der Waals surface area (Å²) >= 11 is 3.48. The zero-order valence-electron chi connectivity index (χ0n) is 19.0. The Labute approximate surface area is 211 Å². The number of hydrogen-bond donors (Lipinski definition) is 2. The second-order valence-corrected chi connectivity index (χ2v) is 9.41. The van der Waals surface area contributed by atoms with Gasteiger partial charge in [-0.3, -0.25) is 0 Å². The summed E-state index contributed by atoms with van der Waals surface area (Å²) in [6.45, 7) is 5.32. The predicted octanol–water partition coefficient (Wildman–Crippen LogP) is 5.69. The lowest BCUT2D eigenvalue weighted by Crippen LogP contribution is -2.25. The molecular formula is C27H25BrFN5O. The fraction of sp³-hybridized carbons (Fsp3) is 0.148. The molecule has 0 amide bonds. The topological polar surface area (TPSA) is 82.3 Å². The molecule has 3 aromatic carbocycles. The first kappa shape index (κ1) is 23.1. The SMILES string of the molecule is C=C1COC(c2cn(-c3ccc(Br)cc3)nc2-c2ccc(F)cc2)N1CCc1ccc(N)c(N)c1. The summed E-state index contributed by atoms with van der Waals surface area (Å²) in [4.78, 5) is 2.14. The molecule has 4 N–H and O–H groups in total. The van der Waals surface area contributed by atoms with Crippen molar-refractivity contribution in [3.63, 3.8) is 0 Å². The van der Waals surface area contributed by atoms with Crippen molar-refractivity contribution in [2.75, 3.05) is 24.6 Å². The van der Waals surface area contributed by atoms with Crippen molar-refractivity contribution in [2.45, 2.75) is 12.6 Å². The standard InChI is InChI=1S/C27H25BrFN5O/c1-17-16-35-27(33(17)13-12-18-2-11-24(30)25(31)14-18)23-15-34(22-9-5-20(28)6-10-22)32-26(23)19-3-7-21(29)8-4-19/h2-11,14-15,27H,1,12-13,16,30-31H2. The minimum atomic E-state index is -0.377. The molecule has 1 aliphatic heterocycles. The van der Waals surface area contributed by atoms with Crippen molar-refractivity contribution in [3.05, 3.63) is 107 Å². The Morgan fingerprint density at radius 1 is 1.03 bits per heavy atom. The number of anilines is 2. The summed E-state index contributed by atoms with van der Waals surface area (Å²) in [5.41, 5.74) is 18.3. The normalized spacial score (nSPS) is 15.7. The van der Waals surface area contributed by atoms with Crippen LogP contribution in [0.5, 0.6) is 0 Å². The van der Waals surface area contributed by atoms with E-state index in [0.29, 0.717) is 24.5 Å². The summed E-state index contributed by atoms with van der Waals surface area (Å²) in [7, 11) is 0. The monoisotopic (exact) mass is 533 g/mol. The fourth-order valence-corrected chi connectivity index (χ4v) is 4.47. The van der Waals surface area contributed by atoms with E-state index in [1.807, 2.05) is 53.3 Å². The third kappa shape index (κ3) is 4.80. The average molecular weight is 534 g/mol. The van der Waals surface area contributed by atoms with Gasteiger partial charge in [-0.2, -0.15) is 5.10 Å². The van der Waals surface area contributed by atoms with Crippen LogP contribution in [-0.2, 0) is 11.2 Å². The van der Waals surface area contributed by atoms with Gasteiger partial charge in [0.25, 0.3) is 0 Å². The molecule has 1 aliphatic rings. The number of nitrogen functional groups attached to an aromatic ring is 2. The van der Waals surface area contributed by atoms with Gasteiger partial charge in [0.2, 0.25) is 0 Å². The zero-order chi connectivity index (χ0) is 24.5. The molecule has 2 heterocycles. The third-order valence-corrected chi connectivity index (χ3v) is 6.64. The van der Waals surface area contributed by atoms with Crippen LogP contribution in [-0.4, -0.2) is 27.8 Å². The zero-order valence-corrected chi connectivity index (χ0v) is 20.6. The highest BCUT2D eigenvalue weighted by atomic mass is 79.9. The molecule has 1 unspecified atom stereocenters. The Morgan fingerprint density at radius 3 is 2.49 bits per heavy atom. The number of halogens is 2. The molecule has 6 nitrogen and oxygen atoms in total. The van der Waals surface area contributed by atoms with Crippen LogP contribution < -0.4 is 11.5 Å². The van der Waals surface area contributed by atoms with Crippen molar-refractivity contribution in [3.8, 4) is 16.9 Å². The van der Waals surface area contributed by atoms with Gasteiger partial charge >= 0.3 is 0 Å². The minimum Gasteiger partial charge on any atom is -0.397 e. The van der Waals surface area contributed by atoms with E-state index in [1.54, 1.807) is 12.1 Å². The van der Waals surface area contributed by atoms with Gasteiger partial charge in [0, 0.05) is 34.0 Å². The molecule has 1 atom stereocenters. The van der Waals surface area contributed by atoms with E-state index < -0.39 is 0 Å². The Hall–Kier alpha value is -3.62. The molecule has 1 saturated heterocycles. The molecule has 0 bridgehead atoms. The summed E-state index contributed by atoms with van der Waals surface area (Å²) in [6, 6.07) is 19.9. The van der Waals surface area contributed by atoms with Gasteiger partial charge in [-0.1, -0.05) is 28.6 Å². The summed E-state index contributed by atoms with van der Waals surface area (Å²) in [5, 5.41) is 4.87. The van der Waals surface area contributed by atoms with Gasteiger partial charge in [0.1, 0.15) is 11.5 Å². The van der Waals surface area contributed by atoms with Gasteiger partial charge in [-0.05, 0) is 72.6 Å². The Balaban J connectivity index is 1.50. The molecular weight excluding hydrogens is 509 g/mol. The van der Waals surface area contributed by atoms with E-state index in [2.05, 4.69) is 27.4 Å². The number of nitrogens with two attached hydrogens (primary N) is 2. The van der Waals surface area contributed by atoms with Crippen molar-refractivity contribution in [1.29, 1.82) is 0 Å². The van der Waals surface area contributed by atoms with Crippen molar-refractivity contribution in [2.24, 2.45) is 0 Å². The van der Waals surface area contributed by atoms with E-state index in [4.69, 9.17) is 21.3 Å². The molecule has 0 aliphatic carbocycles. The number of aromatic nitrogens is 2. The quantitative estimate of drug-likeness (QED) is 0.311. The van der Waals surface area contributed by atoms with Gasteiger partial charge in [0.15, 0.2) is 6.23 Å². The maximum Gasteiger partial charge on any atom is 0.160 e. The van der Waals surface area contributed by atoms with Crippen LogP contribution in [0.3, 0.4) is 0 Å². The molecule has 0 radical (unpaired) electrons. The van der Waals surface area contributed by atoms with Crippen LogP contribution in [0.1, 0.15) is 17.4 Å². The van der Waals surface area contributed by atoms with Gasteiger partial charge in [0.05, 0.1) is 23.7 Å². The van der Waals surface area contributed by atoms with Crippen LogP contribution in [0.4, 0.5) is 15.8 Å². The molecule has 1 fully saturated rings. The highest BCUT2D eigenvalue weighted by molar-refractivity contribution is 9.10. The molecule has 5 rings (SSSR count). The smallest absolute Gasteiger partial charge is 0.160 e. The highest BCUT2D eigenvalue weighted by Crippen LogP contribution is 2.38. The highest BCUT2D eigenvalue weighted by Gasteiger charge is 2.33. The van der Waals surface area contributed by atoms with E-state index in [0.717, 1.165) is 44.7 Å². The van der Waals surface area contributed by atoms with Crippen LogP contribution in [0, 0.1) is 5.82 Å². The van der Waals surface area contributed by atoms with Crippen LogP contribution >= 0.6 is 15.9 Å². The minimum absolute atomic E-state index is 0.294. The average Bonchev–Trinajstić information content (AvgIpc) is 3.44. The second kappa shape index (κ2) is 9.56. The number of hydrogen-bond acceptors (Lipinski definition) is 5. The fourth-order valence-electron chi connectivity index (χ4n) is 4.20. The molecule has 0 saturated carbocycles. The van der Waals surface area contributed by atoms with E-state index in [1.165, 1.54) is 12.1 Å². The van der Waals surface area contributed by atoms with E-state index in [-0.39, 0.29) is 12.0 Å². The lowest BCUT2D eigenvalue weighted by Gasteiger charge is -2.26. The van der Waals surface area contributed by atoms with E-state index >= 15 is 0 Å². The lowest BCUT2D eigenvalue weighted by atomic mass is 10.1. The number of benzene rings is 3. The van der Waals surface area contributed by atoms with Gasteiger partial charge in [-0.25, -0.2) is 9.07 Å². The Bertz CT molecular complexity index is 1370. The second-order valence-electron chi connectivity index (χ2n) is 8.50. The van der Waals surface area contributed by atoms with Crippen molar-refractivity contribution < 1.29 is 9.13 Å². The Kier molecular flexibility index (Phi) is 6.32. The van der Waals surface area contributed by atoms with Crippen LogP contribution in [0.15, 0.2) is 89.7 Å². The maximum atomic E-state index is 13.6. The lowest BCUT2D eigenvalue weighted by molar-refractivity contribution is 0.0356. The first-order chi connectivity index (χ1) is 16.9. The first-order valence-electron chi connectivity index (χ1n) is 11.2. The first-order valence-corrected chi connectivity index (χ1v) is 12.0. The molecule has 178 valence electrons. The Morgan fingerprint density at radius 2 is 1.77 bits per heavy atom. The van der Waals surface area contributed by atoms with Crippen molar-refractivity contribution >= 4 is 27.3 Å². The maximum absolute atomic E-state index is 13.6. The van der Waals surface area contributed by atoms with Crippen LogP contribution in [0.25, 0.3) is 16.9 Å². The predicted molar refractivity (Wildman–Crippen MR) is 140 cm³/mol. The summed E-state index contributed by atoms with van der Waals surface area (Å²) in [5.74, 6) is -0.294. The third-order valence-electron chi connectivity index (χ3n) is 6.11. The largest absolute Gasteiger partial charge is 0.397 e. The molecule has 0 spiro atoms. The van der Waals surface area contributed by atoms with Gasteiger partial charge in [-0.15, -0.1) is 0 Å². The summed E-state index contributed by atoms with van der Waals surface area (Å²) < 4.78 is 22.7. The molecule has 35 heavy (non-hydrogen) atoms. The molecule has 1 aromatic heterocycles. The van der Waals surface area contributed by atoms with Gasteiger partial charge < -0.3 is 21.1 Å². The molecule has 8 heteroatoms. The number of rotatable bonds is 6. The van der Waals surface area contributed by atoms with Crippen molar-refractivity contribution in [1.82, 2.24) is 14.7 Å². The number of nitrogens with zero attached hydrogens (tertiary/aromatic N) is 3. The van der Waals surface area contributed by atoms with E-state index in [9.17, 15) is 4.39 Å². The summed E-state index contributed by atoms with van der Waals surface area (Å²) in [6.07, 6.45) is 2.34. The number of ether oxygens (including phenoxy) is 1.